The van der Waals surface area contributed by atoms with Gasteiger partial charge in [0.05, 0.1) is 5.25 Å². The Hall–Kier alpha value is -0.220. The van der Waals surface area contributed by atoms with Gasteiger partial charge in [0.25, 0.3) is 0 Å². The maximum Gasteiger partial charge on any atom is 0.234 e. The van der Waals surface area contributed by atoms with Crippen molar-refractivity contribution in [1.29, 1.82) is 0 Å². The van der Waals surface area contributed by atoms with Gasteiger partial charge in [-0.2, -0.15) is 12.6 Å². The number of thiol groups is 1. The predicted molar refractivity (Wildman–Crippen MR) is 59.2 cm³/mol. The Morgan fingerprint density at radius 3 is 2.38 bits per heavy atom. The molecule has 0 radical (unpaired) electrons. The molecule has 0 aromatic carbocycles. The van der Waals surface area contributed by atoms with Crippen LogP contribution in [0.5, 0.6) is 0 Å². The second-order valence-electron chi connectivity index (χ2n) is 3.54. The minimum absolute atomic E-state index is 0.0777. The first-order valence-electron chi connectivity index (χ1n) is 4.61. The number of nitrogens with zero attached hydrogens (tertiary/aromatic N) is 1. The summed E-state index contributed by atoms with van der Waals surface area (Å²) >= 11 is 4.08. The topological polar surface area (TPSA) is 32.3 Å². The van der Waals surface area contributed by atoms with Gasteiger partial charge < -0.3 is 10.2 Å². The molecule has 0 saturated carbocycles. The number of hydrogen-bond donors (Lipinski definition) is 2. The second-order valence-corrected chi connectivity index (χ2v) is 4.32. The molecule has 0 spiro atoms. The minimum atomic E-state index is -0.205. The van der Waals surface area contributed by atoms with Crippen molar-refractivity contribution in [3.05, 3.63) is 0 Å². The van der Waals surface area contributed by atoms with Crippen molar-refractivity contribution >= 4 is 18.5 Å². The highest BCUT2D eigenvalue weighted by Crippen LogP contribution is 1.97. The van der Waals surface area contributed by atoms with Gasteiger partial charge in [-0.1, -0.05) is 13.8 Å². The summed E-state index contributed by atoms with van der Waals surface area (Å²) in [4.78, 5) is 13.0. The van der Waals surface area contributed by atoms with Crippen LogP contribution < -0.4 is 5.32 Å². The minimum Gasteiger partial charge on any atom is -0.344 e. The Bertz CT molecular complexity index is 160. The molecule has 0 heterocycles. The lowest BCUT2D eigenvalue weighted by molar-refractivity contribution is -0.128. The van der Waals surface area contributed by atoms with Crippen LogP contribution in [0.25, 0.3) is 0 Å². The summed E-state index contributed by atoms with van der Waals surface area (Å²) in [6.45, 7) is 7.53. The number of rotatable bonds is 5. The van der Waals surface area contributed by atoms with Gasteiger partial charge in [0.1, 0.15) is 0 Å². The summed E-state index contributed by atoms with van der Waals surface area (Å²) < 4.78 is 0. The van der Waals surface area contributed by atoms with Crippen molar-refractivity contribution in [2.75, 3.05) is 20.1 Å². The molecule has 0 aliphatic carbocycles. The largest absolute Gasteiger partial charge is 0.344 e. The molecule has 1 amide bonds. The van der Waals surface area contributed by atoms with E-state index in [1.807, 2.05) is 0 Å². The van der Waals surface area contributed by atoms with Gasteiger partial charge in [0.15, 0.2) is 0 Å². The lowest BCUT2D eigenvalue weighted by Gasteiger charge is -2.19. The number of hydrogen-bond acceptors (Lipinski definition) is 3. The quantitative estimate of drug-likeness (QED) is 0.648. The van der Waals surface area contributed by atoms with Crippen LogP contribution in [-0.4, -0.2) is 42.2 Å². The number of nitrogens with one attached hydrogen (secondary N) is 1. The number of likely N-dealkylation sites (N-methyl/N-ethyl adjacent to an activating group) is 1. The molecule has 0 bridgehead atoms. The zero-order valence-electron chi connectivity index (χ0n) is 8.87. The summed E-state index contributed by atoms with van der Waals surface area (Å²) in [5.74, 6) is 0.0777. The van der Waals surface area contributed by atoms with Crippen molar-refractivity contribution in [1.82, 2.24) is 10.2 Å². The molecule has 78 valence electrons. The molecule has 1 N–H and O–H groups in total. The van der Waals surface area contributed by atoms with Crippen LogP contribution in [0.1, 0.15) is 20.8 Å². The van der Waals surface area contributed by atoms with Crippen LogP contribution >= 0.6 is 12.6 Å². The van der Waals surface area contributed by atoms with Gasteiger partial charge in [0.2, 0.25) is 5.91 Å². The van der Waals surface area contributed by atoms with Gasteiger partial charge in [0, 0.05) is 26.2 Å². The van der Waals surface area contributed by atoms with Gasteiger partial charge >= 0.3 is 0 Å². The third-order valence-electron chi connectivity index (χ3n) is 1.73. The lowest BCUT2D eigenvalue weighted by Crippen LogP contribution is -2.38. The Balaban J connectivity index is 3.62. The molecule has 0 aliphatic rings. The van der Waals surface area contributed by atoms with E-state index in [0.29, 0.717) is 6.04 Å². The summed E-state index contributed by atoms with van der Waals surface area (Å²) in [5.41, 5.74) is 0. The van der Waals surface area contributed by atoms with Crippen LogP contribution in [0.2, 0.25) is 0 Å². The number of carbonyl (C=O) groups excluding carboxylic acids is 1. The van der Waals surface area contributed by atoms with Gasteiger partial charge in [-0.05, 0) is 6.92 Å². The van der Waals surface area contributed by atoms with E-state index in [1.165, 1.54) is 0 Å². The first kappa shape index (κ1) is 12.8. The molecular formula is C9H20N2OS. The zero-order chi connectivity index (χ0) is 10.4. The molecule has 0 aromatic heterocycles. The van der Waals surface area contributed by atoms with E-state index in [9.17, 15) is 4.79 Å². The Labute approximate surface area is 86.3 Å². The molecule has 4 heteroatoms. The van der Waals surface area contributed by atoms with Crippen LogP contribution in [0.15, 0.2) is 0 Å². The summed E-state index contributed by atoms with van der Waals surface area (Å²) in [5, 5.41) is 3.05. The average molecular weight is 204 g/mol. The highest BCUT2D eigenvalue weighted by molar-refractivity contribution is 7.81. The van der Waals surface area contributed by atoms with E-state index < -0.39 is 0 Å². The van der Waals surface area contributed by atoms with Crippen LogP contribution in [-0.2, 0) is 4.79 Å². The number of carbonyl (C=O) groups is 1. The highest BCUT2D eigenvalue weighted by atomic mass is 32.1. The van der Waals surface area contributed by atoms with Gasteiger partial charge in [-0.15, -0.1) is 0 Å². The fraction of sp³-hybridized carbons (Fsp3) is 0.889. The SMILES string of the molecule is CC(C)NCCN(C)C(=O)C(C)S. The van der Waals surface area contributed by atoms with E-state index in [-0.39, 0.29) is 11.2 Å². The Morgan fingerprint density at radius 1 is 1.46 bits per heavy atom. The third-order valence-corrected chi connectivity index (χ3v) is 1.95. The molecule has 0 rings (SSSR count). The summed E-state index contributed by atoms with van der Waals surface area (Å²) in [6.07, 6.45) is 0. The monoisotopic (exact) mass is 204 g/mol. The van der Waals surface area contributed by atoms with Gasteiger partial charge in [-0.3, -0.25) is 4.79 Å². The highest BCUT2D eigenvalue weighted by Gasteiger charge is 2.12. The molecule has 0 aromatic rings. The standard InChI is InChI=1S/C9H20N2OS/c1-7(2)10-5-6-11(4)9(12)8(3)13/h7-8,10,13H,5-6H2,1-4H3. The van der Waals surface area contributed by atoms with Crippen molar-refractivity contribution < 1.29 is 4.79 Å². The van der Waals surface area contributed by atoms with E-state index >= 15 is 0 Å². The molecule has 13 heavy (non-hydrogen) atoms. The van der Waals surface area contributed by atoms with E-state index in [4.69, 9.17) is 0 Å². The van der Waals surface area contributed by atoms with E-state index in [2.05, 4.69) is 31.8 Å². The summed E-state index contributed by atoms with van der Waals surface area (Å²) in [7, 11) is 1.80. The Kier molecular flexibility index (Phi) is 6.16. The first-order valence-corrected chi connectivity index (χ1v) is 5.13. The molecule has 0 fully saturated rings. The third kappa shape index (κ3) is 5.93. The van der Waals surface area contributed by atoms with Gasteiger partial charge in [-0.25, -0.2) is 0 Å². The zero-order valence-corrected chi connectivity index (χ0v) is 9.77. The average Bonchev–Trinajstić information content (AvgIpc) is 2.02. The molecular weight excluding hydrogens is 184 g/mol. The van der Waals surface area contributed by atoms with E-state index in [0.717, 1.165) is 13.1 Å². The van der Waals surface area contributed by atoms with Crippen LogP contribution in [0.3, 0.4) is 0 Å². The Morgan fingerprint density at radius 2 is 2.00 bits per heavy atom. The second kappa shape index (κ2) is 6.27. The molecule has 0 aliphatic heterocycles. The maximum atomic E-state index is 11.3. The molecule has 3 nitrogen and oxygen atoms in total. The van der Waals surface area contributed by atoms with Crippen molar-refractivity contribution in [2.45, 2.75) is 32.1 Å². The van der Waals surface area contributed by atoms with Crippen LogP contribution in [0, 0.1) is 0 Å². The molecule has 1 atom stereocenters. The van der Waals surface area contributed by atoms with Crippen molar-refractivity contribution in [2.24, 2.45) is 0 Å². The maximum absolute atomic E-state index is 11.3. The normalized spacial score (nSPS) is 13.1. The first-order chi connectivity index (χ1) is 5.95. The summed E-state index contributed by atoms with van der Waals surface area (Å²) in [6, 6.07) is 0.469. The van der Waals surface area contributed by atoms with Crippen molar-refractivity contribution in [3.63, 3.8) is 0 Å². The smallest absolute Gasteiger partial charge is 0.234 e. The lowest BCUT2D eigenvalue weighted by atomic mass is 10.3. The predicted octanol–water partition coefficient (Wildman–Crippen LogP) is 0.761. The van der Waals surface area contributed by atoms with Crippen LogP contribution in [0.4, 0.5) is 0 Å². The number of amides is 1. The van der Waals surface area contributed by atoms with E-state index in [1.54, 1.807) is 18.9 Å². The fourth-order valence-electron chi connectivity index (χ4n) is 0.950. The van der Waals surface area contributed by atoms with Crippen molar-refractivity contribution in [3.8, 4) is 0 Å². The fourth-order valence-corrected chi connectivity index (χ4v) is 1.15. The molecule has 1 unspecified atom stereocenters. The molecule has 0 saturated heterocycles.